The molecule has 0 spiro atoms. The molecule has 0 aliphatic carbocycles. The predicted molar refractivity (Wildman–Crippen MR) is 86.5 cm³/mol. The number of likely N-dealkylation sites (tertiary alicyclic amines) is 1. The molecule has 1 aliphatic rings. The van der Waals surface area contributed by atoms with Crippen LogP contribution in [0.3, 0.4) is 0 Å². The Balaban J connectivity index is 1.91. The fraction of sp³-hybridized carbons (Fsp3) is 0.688. The molecule has 1 atom stereocenters. The summed E-state index contributed by atoms with van der Waals surface area (Å²) < 4.78 is 0. The van der Waals surface area contributed by atoms with E-state index in [4.69, 9.17) is 11.6 Å². The fourth-order valence-corrected chi connectivity index (χ4v) is 3.30. The van der Waals surface area contributed by atoms with E-state index < -0.39 is 0 Å². The Morgan fingerprint density at radius 2 is 2.15 bits per heavy atom. The van der Waals surface area contributed by atoms with Crippen molar-refractivity contribution in [2.45, 2.75) is 46.1 Å². The van der Waals surface area contributed by atoms with Gasteiger partial charge in [-0.1, -0.05) is 18.5 Å². The van der Waals surface area contributed by atoms with Crippen molar-refractivity contribution in [3.63, 3.8) is 0 Å². The molecule has 2 heterocycles. The third-order valence-corrected chi connectivity index (χ3v) is 4.65. The maximum absolute atomic E-state index is 6.20. The van der Waals surface area contributed by atoms with E-state index in [-0.39, 0.29) is 0 Å². The first-order chi connectivity index (χ1) is 9.61. The van der Waals surface area contributed by atoms with Crippen molar-refractivity contribution in [3.8, 4) is 0 Å². The van der Waals surface area contributed by atoms with Crippen LogP contribution in [-0.2, 0) is 0 Å². The first-order valence-corrected chi connectivity index (χ1v) is 8.09. The molecule has 0 bridgehead atoms. The van der Waals surface area contributed by atoms with Gasteiger partial charge >= 0.3 is 0 Å². The molecule has 1 fully saturated rings. The van der Waals surface area contributed by atoms with Gasteiger partial charge in [0.1, 0.15) is 0 Å². The molecule has 20 heavy (non-hydrogen) atoms. The molecule has 1 unspecified atom stereocenters. The Kier molecular flexibility index (Phi) is 5.67. The zero-order valence-electron chi connectivity index (χ0n) is 12.8. The normalized spacial score (nSPS) is 19.0. The van der Waals surface area contributed by atoms with Gasteiger partial charge in [0.25, 0.3) is 0 Å². The van der Waals surface area contributed by atoms with Crippen LogP contribution in [0.15, 0.2) is 12.3 Å². The molecule has 0 saturated carbocycles. The maximum atomic E-state index is 6.20. The lowest BCUT2D eigenvalue weighted by atomic mass is 9.90. The summed E-state index contributed by atoms with van der Waals surface area (Å²) in [5, 5.41) is 4.17. The highest BCUT2D eigenvalue weighted by Gasteiger charge is 2.24. The van der Waals surface area contributed by atoms with E-state index in [2.05, 4.69) is 36.0 Å². The molecule has 112 valence electrons. The molecule has 0 amide bonds. The van der Waals surface area contributed by atoms with Crippen molar-refractivity contribution in [3.05, 3.63) is 23.0 Å². The van der Waals surface area contributed by atoms with E-state index in [1.807, 2.05) is 6.07 Å². The zero-order valence-corrected chi connectivity index (χ0v) is 13.6. The molecule has 1 N–H and O–H groups in total. The van der Waals surface area contributed by atoms with Crippen LogP contribution in [0.5, 0.6) is 0 Å². The fourth-order valence-electron chi connectivity index (χ4n) is 3.04. The standard InChI is InChI=1S/C16H26ClN3/c1-4-9-20-10-6-14(7-11-20)13(3)19-15-12(2)5-8-18-16(15)17/h5,8,13-14,19H,4,6-7,9-11H2,1-3H3. The van der Waals surface area contributed by atoms with E-state index in [0.717, 1.165) is 11.6 Å². The Morgan fingerprint density at radius 3 is 2.75 bits per heavy atom. The van der Waals surface area contributed by atoms with E-state index in [1.54, 1.807) is 6.20 Å². The molecule has 0 radical (unpaired) electrons. The summed E-state index contributed by atoms with van der Waals surface area (Å²) in [6.07, 6.45) is 5.55. The Morgan fingerprint density at radius 1 is 1.45 bits per heavy atom. The molecule has 1 aliphatic heterocycles. The monoisotopic (exact) mass is 295 g/mol. The molecule has 0 aromatic carbocycles. The Hall–Kier alpha value is -0.800. The predicted octanol–water partition coefficient (Wildman–Crippen LogP) is 3.97. The number of hydrogen-bond acceptors (Lipinski definition) is 3. The second-order valence-corrected chi connectivity index (χ2v) is 6.26. The highest BCUT2D eigenvalue weighted by atomic mass is 35.5. The number of anilines is 1. The van der Waals surface area contributed by atoms with Crippen molar-refractivity contribution >= 4 is 17.3 Å². The number of piperidine rings is 1. The van der Waals surface area contributed by atoms with E-state index in [1.165, 1.54) is 44.5 Å². The summed E-state index contributed by atoms with van der Waals surface area (Å²) in [6, 6.07) is 2.45. The first kappa shape index (κ1) is 15.6. The van der Waals surface area contributed by atoms with Gasteiger partial charge in [0, 0.05) is 12.2 Å². The summed E-state index contributed by atoms with van der Waals surface area (Å²) in [5.41, 5.74) is 2.16. The smallest absolute Gasteiger partial charge is 0.152 e. The van der Waals surface area contributed by atoms with Crippen molar-refractivity contribution in [2.75, 3.05) is 25.0 Å². The van der Waals surface area contributed by atoms with Gasteiger partial charge in [-0.15, -0.1) is 0 Å². The maximum Gasteiger partial charge on any atom is 0.152 e. The summed E-state index contributed by atoms with van der Waals surface area (Å²) in [5.74, 6) is 0.721. The third kappa shape index (κ3) is 3.86. The number of halogens is 1. The SMILES string of the molecule is CCCN1CCC(C(C)Nc2c(C)ccnc2Cl)CC1. The van der Waals surface area contributed by atoms with Crippen molar-refractivity contribution in [1.82, 2.24) is 9.88 Å². The topological polar surface area (TPSA) is 28.2 Å². The number of rotatable bonds is 5. The van der Waals surface area contributed by atoms with Crippen molar-refractivity contribution < 1.29 is 0 Å². The van der Waals surface area contributed by atoms with Crippen molar-refractivity contribution in [2.24, 2.45) is 5.92 Å². The molecule has 3 nitrogen and oxygen atoms in total. The second kappa shape index (κ2) is 7.28. The van der Waals surface area contributed by atoms with Crippen LogP contribution >= 0.6 is 11.6 Å². The average Bonchev–Trinajstić information content (AvgIpc) is 2.44. The largest absolute Gasteiger partial charge is 0.380 e. The molecule has 1 aromatic rings. The Bertz CT molecular complexity index is 407. The van der Waals surface area contributed by atoms with Gasteiger partial charge in [0.2, 0.25) is 0 Å². The summed E-state index contributed by atoms with van der Waals surface area (Å²) >= 11 is 6.20. The van der Waals surface area contributed by atoms with Gasteiger partial charge in [-0.05, 0) is 70.3 Å². The lowest BCUT2D eigenvalue weighted by Gasteiger charge is -2.35. The van der Waals surface area contributed by atoms with Crippen LogP contribution in [0, 0.1) is 12.8 Å². The van der Waals surface area contributed by atoms with Gasteiger partial charge in [-0.2, -0.15) is 0 Å². The minimum Gasteiger partial charge on any atom is -0.380 e. The molecule has 1 aromatic heterocycles. The lowest BCUT2D eigenvalue weighted by molar-refractivity contribution is 0.176. The lowest BCUT2D eigenvalue weighted by Crippen LogP contribution is -2.39. The molecule has 2 rings (SSSR count). The average molecular weight is 296 g/mol. The van der Waals surface area contributed by atoms with Crippen LogP contribution in [-0.4, -0.2) is 35.6 Å². The van der Waals surface area contributed by atoms with E-state index >= 15 is 0 Å². The van der Waals surface area contributed by atoms with Crippen LogP contribution in [0.1, 0.15) is 38.7 Å². The van der Waals surface area contributed by atoms with Gasteiger partial charge in [0.05, 0.1) is 5.69 Å². The van der Waals surface area contributed by atoms with Gasteiger partial charge in [-0.25, -0.2) is 4.98 Å². The number of nitrogens with one attached hydrogen (secondary N) is 1. The van der Waals surface area contributed by atoms with Gasteiger partial charge < -0.3 is 10.2 Å². The molecule has 1 saturated heterocycles. The highest BCUT2D eigenvalue weighted by molar-refractivity contribution is 6.32. The Labute approximate surface area is 127 Å². The number of hydrogen-bond donors (Lipinski definition) is 1. The van der Waals surface area contributed by atoms with E-state index in [0.29, 0.717) is 11.2 Å². The number of nitrogens with zero attached hydrogens (tertiary/aromatic N) is 2. The second-order valence-electron chi connectivity index (χ2n) is 5.91. The molecular formula is C16H26ClN3. The van der Waals surface area contributed by atoms with Crippen LogP contribution in [0.2, 0.25) is 5.15 Å². The molecule has 4 heteroatoms. The minimum absolute atomic E-state index is 0.444. The summed E-state index contributed by atoms with van der Waals surface area (Å²) in [4.78, 5) is 6.74. The van der Waals surface area contributed by atoms with Crippen LogP contribution < -0.4 is 5.32 Å². The third-order valence-electron chi connectivity index (χ3n) is 4.36. The number of aryl methyl sites for hydroxylation is 1. The number of pyridine rings is 1. The zero-order chi connectivity index (χ0) is 14.5. The summed E-state index contributed by atoms with van der Waals surface area (Å²) in [6.45, 7) is 10.3. The number of aromatic nitrogens is 1. The first-order valence-electron chi connectivity index (χ1n) is 7.71. The van der Waals surface area contributed by atoms with Gasteiger partial charge in [0.15, 0.2) is 5.15 Å². The van der Waals surface area contributed by atoms with Crippen LogP contribution in [0.25, 0.3) is 0 Å². The highest BCUT2D eigenvalue weighted by Crippen LogP contribution is 2.28. The van der Waals surface area contributed by atoms with Crippen molar-refractivity contribution in [1.29, 1.82) is 0 Å². The molecular weight excluding hydrogens is 270 g/mol. The van der Waals surface area contributed by atoms with E-state index in [9.17, 15) is 0 Å². The van der Waals surface area contributed by atoms with Gasteiger partial charge in [-0.3, -0.25) is 0 Å². The van der Waals surface area contributed by atoms with Crippen LogP contribution in [0.4, 0.5) is 5.69 Å². The minimum atomic E-state index is 0.444. The quantitative estimate of drug-likeness (QED) is 0.833. The summed E-state index contributed by atoms with van der Waals surface area (Å²) in [7, 11) is 0.